The minimum absolute atomic E-state index is 0.674. The first kappa shape index (κ1) is 12.0. The summed E-state index contributed by atoms with van der Waals surface area (Å²) in [6.07, 6.45) is -4.87. The highest BCUT2D eigenvalue weighted by molar-refractivity contribution is 7.87. The molecule has 13 heavy (non-hydrogen) atoms. The largest absolute Gasteiger partial charge is 0.407 e. The molecule has 0 spiro atoms. The summed E-state index contributed by atoms with van der Waals surface area (Å²) in [4.78, 5) is 10.2. The van der Waals surface area contributed by atoms with Crippen molar-refractivity contribution in [2.45, 2.75) is 6.18 Å². The Morgan fingerprint density at radius 1 is 1.38 bits per heavy atom. The lowest BCUT2D eigenvalue weighted by Gasteiger charge is -2.18. The number of carbonyl (C=O) groups is 1. The lowest BCUT2D eigenvalue weighted by Crippen LogP contribution is -2.48. The smallest absolute Gasteiger partial charge is 0.351 e. The zero-order chi connectivity index (χ0) is 10.9. The van der Waals surface area contributed by atoms with Gasteiger partial charge in [0.05, 0.1) is 0 Å². The molecule has 4 N–H and O–H groups in total. The van der Waals surface area contributed by atoms with Crippen molar-refractivity contribution in [2.75, 3.05) is 6.54 Å². The van der Waals surface area contributed by atoms with E-state index >= 15 is 0 Å². The number of primary amides is 1. The van der Waals surface area contributed by atoms with E-state index in [0.717, 1.165) is 0 Å². The Labute approximate surface area is 71.5 Å². The lowest BCUT2D eigenvalue weighted by atomic mass is 10.6. The van der Waals surface area contributed by atoms with E-state index in [2.05, 4.69) is 10.9 Å². The zero-order valence-corrected chi connectivity index (χ0v) is 6.89. The molecule has 0 aromatic heterocycles. The molecular weight excluding hydrogens is 215 g/mol. The maximum absolute atomic E-state index is 11.6. The highest BCUT2D eigenvalue weighted by Crippen LogP contribution is 2.17. The van der Waals surface area contributed by atoms with E-state index in [1.165, 1.54) is 0 Å². The number of hydrogen-bond acceptors (Lipinski definition) is 3. The molecule has 0 aliphatic heterocycles. The third-order valence-corrected chi connectivity index (χ3v) is 1.80. The topological polar surface area (TPSA) is 106 Å². The molecule has 0 saturated carbocycles. The van der Waals surface area contributed by atoms with Crippen molar-refractivity contribution in [3.8, 4) is 0 Å². The number of alkyl halides is 3. The van der Waals surface area contributed by atoms with Gasteiger partial charge in [0, 0.05) is 0 Å². The van der Waals surface area contributed by atoms with Gasteiger partial charge in [-0.3, -0.25) is 0 Å². The summed E-state index contributed by atoms with van der Waals surface area (Å²) in [7, 11) is -4.76. The Kier molecular flexibility index (Phi) is 3.11. The van der Waals surface area contributed by atoms with Crippen LogP contribution in [0.2, 0.25) is 0 Å². The van der Waals surface area contributed by atoms with Gasteiger partial charge >= 0.3 is 22.4 Å². The molecule has 0 aromatic carbocycles. The van der Waals surface area contributed by atoms with Gasteiger partial charge in [0.25, 0.3) is 0 Å². The molecule has 0 aliphatic rings. The number of amides is 2. The molecule has 78 valence electrons. The van der Waals surface area contributed by atoms with Crippen molar-refractivity contribution in [3.05, 3.63) is 0 Å². The third kappa shape index (κ3) is 4.52. The summed E-state index contributed by atoms with van der Waals surface area (Å²) in [5.74, 6) is 0. The number of halogens is 3. The van der Waals surface area contributed by atoms with Gasteiger partial charge in [-0.2, -0.15) is 25.9 Å². The molecule has 0 atom stereocenters. The van der Waals surface area contributed by atoms with Crippen molar-refractivity contribution in [3.63, 3.8) is 0 Å². The van der Waals surface area contributed by atoms with E-state index in [1.54, 1.807) is 0 Å². The fourth-order valence-electron chi connectivity index (χ4n) is 0.456. The van der Waals surface area contributed by atoms with Crippen LogP contribution in [-0.4, -0.2) is 31.5 Å². The minimum atomic E-state index is -4.87. The summed E-state index contributed by atoms with van der Waals surface area (Å²) in [5, 5.41) is 4.29. The van der Waals surface area contributed by atoms with E-state index in [4.69, 9.17) is 0 Å². The number of rotatable bonds is 2. The molecule has 0 radical (unpaired) electrons. The maximum atomic E-state index is 11.6. The Hall–Kier alpha value is -1.03. The normalized spacial score (nSPS) is 12.6. The average molecular weight is 221 g/mol. The summed E-state index contributed by atoms with van der Waals surface area (Å²) >= 11 is 0. The molecule has 0 aromatic rings. The number of hydrogen-bond donors (Lipinski definition) is 2. The van der Waals surface area contributed by atoms with Crippen LogP contribution in [-0.2, 0) is 10.2 Å². The predicted octanol–water partition coefficient (Wildman–Crippen LogP) is -0.867. The van der Waals surface area contributed by atoms with Gasteiger partial charge in [-0.05, 0) is 0 Å². The lowest BCUT2D eigenvalue weighted by molar-refractivity contribution is -0.132. The molecule has 6 nitrogen and oxygen atoms in total. The molecule has 10 heteroatoms. The molecule has 0 unspecified atom stereocenters. The Morgan fingerprint density at radius 2 is 1.77 bits per heavy atom. The first-order chi connectivity index (χ1) is 5.54. The number of urea groups is 1. The predicted molar refractivity (Wildman–Crippen MR) is 35.5 cm³/mol. The first-order valence-corrected chi connectivity index (χ1v) is 4.21. The average Bonchev–Trinajstić information content (AvgIpc) is 1.77. The molecule has 0 saturated heterocycles. The molecule has 0 heterocycles. The SMILES string of the molecule is NC(=O)N(CC(F)(F)F)S(N)(=O)=O. The second-order valence-corrected chi connectivity index (χ2v) is 3.48. The summed E-state index contributed by atoms with van der Waals surface area (Å²) < 4.78 is 54.9. The van der Waals surface area contributed by atoms with E-state index in [1.807, 2.05) is 0 Å². The van der Waals surface area contributed by atoms with Crippen LogP contribution in [0.25, 0.3) is 0 Å². The fraction of sp³-hybridized carbons (Fsp3) is 0.667. The van der Waals surface area contributed by atoms with Crippen LogP contribution in [0.3, 0.4) is 0 Å². The quantitative estimate of drug-likeness (QED) is 0.633. The summed E-state index contributed by atoms with van der Waals surface area (Å²) in [6, 6.07) is -1.78. The monoisotopic (exact) mass is 221 g/mol. The van der Waals surface area contributed by atoms with Gasteiger partial charge in [0.15, 0.2) is 0 Å². The van der Waals surface area contributed by atoms with Crippen LogP contribution in [0.5, 0.6) is 0 Å². The van der Waals surface area contributed by atoms with Crippen LogP contribution in [0.1, 0.15) is 0 Å². The van der Waals surface area contributed by atoms with Crippen molar-refractivity contribution in [2.24, 2.45) is 10.9 Å². The van der Waals surface area contributed by atoms with E-state index < -0.39 is 33.3 Å². The van der Waals surface area contributed by atoms with E-state index in [9.17, 15) is 26.4 Å². The van der Waals surface area contributed by atoms with E-state index in [0.29, 0.717) is 0 Å². The van der Waals surface area contributed by atoms with Gasteiger partial charge in [-0.25, -0.2) is 9.93 Å². The van der Waals surface area contributed by atoms with Crippen LogP contribution < -0.4 is 10.9 Å². The molecule has 2 amide bonds. The number of nitrogens with two attached hydrogens (primary N) is 2. The second kappa shape index (κ2) is 3.38. The van der Waals surface area contributed by atoms with Crippen molar-refractivity contribution in [1.29, 1.82) is 0 Å². The van der Waals surface area contributed by atoms with Gasteiger partial charge in [0.2, 0.25) is 0 Å². The highest BCUT2D eigenvalue weighted by atomic mass is 32.2. The van der Waals surface area contributed by atoms with Gasteiger partial charge in [0.1, 0.15) is 6.54 Å². The molecule has 0 bridgehead atoms. The van der Waals surface area contributed by atoms with Crippen molar-refractivity contribution < 1.29 is 26.4 Å². The fourth-order valence-corrected chi connectivity index (χ4v) is 1.03. The van der Waals surface area contributed by atoms with Crippen LogP contribution >= 0.6 is 0 Å². The Balaban J connectivity index is 4.78. The number of carbonyl (C=O) groups excluding carboxylic acids is 1. The maximum Gasteiger partial charge on any atom is 0.407 e. The van der Waals surface area contributed by atoms with Crippen LogP contribution in [0.15, 0.2) is 0 Å². The second-order valence-electron chi connectivity index (χ2n) is 2.01. The van der Waals surface area contributed by atoms with Gasteiger partial charge in [-0.15, -0.1) is 0 Å². The summed E-state index contributed by atoms with van der Waals surface area (Å²) in [5.41, 5.74) is 4.36. The molecule has 0 aliphatic carbocycles. The van der Waals surface area contributed by atoms with Gasteiger partial charge < -0.3 is 5.73 Å². The van der Waals surface area contributed by atoms with Crippen molar-refractivity contribution >= 4 is 16.2 Å². The Morgan fingerprint density at radius 3 is 1.85 bits per heavy atom. The standard InChI is InChI=1S/C3H6F3N3O3S/c4-3(5,6)1-9(2(7)10)13(8,11)12/h1H2,(H2,7,10)(H2,8,11,12). The van der Waals surface area contributed by atoms with E-state index in [-0.39, 0.29) is 0 Å². The molecular formula is C3H6F3N3O3S. The first-order valence-electron chi connectivity index (χ1n) is 2.70. The van der Waals surface area contributed by atoms with Gasteiger partial charge in [-0.1, -0.05) is 0 Å². The van der Waals surface area contributed by atoms with Crippen LogP contribution in [0, 0.1) is 0 Å². The third-order valence-electron chi connectivity index (χ3n) is 0.876. The molecule has 0 rings (SSSR count). The van der Waals surface area contributed by atoms with Crippen LogP contribution in [0.4, 0.5) is 18.0 Å². The zero-order valence-electron chi connectivity index (χ0n) is 6.08. The minimum Gasteiger partial charge on any atom is -0.351 e. The highest BCUT2D eigenvalue weighted by Gasteiger charge is 2.36. The molecule has 0 fully saturated rings. The van der Waals surface area contributed by atoms with Crippen molar-refractivity contribution in [1.82, 2.24) is 4.31 Å². The Bertz CT molecular complexity index is 297. The number of nitrogens with zero attached hydrogens (tertiary/aromatic N) is 1. The summed E-state index contributed by atoms with van der Waals surface area (Å²) in [6.45, 7) is -2.03.